The van der Waals surface area contributed by atoms with Gasteiger partial charge < -0.3 is 9.47 Å². The van der Waals surface area contributed by atoms with E-state index in [9.17, 15) is 4.79 Å². The van der Waals surface area contributed by atoms with Crippen molar-refractivity contribution < 1.29 is 14.3 Å². The van der Waals surface area contributed by atoms with Gasteiger partial charge in [0.15, 0.2) is 0 Å². The van der Waals surface area contributed by atoms with Crippen LogP contribution in [0.1, 0.15) is 27.6 Å². The summed E-state index contributed by atoms with van der Waals surface area (Å²) in [6.07, 6.45) is 0.502. The molecule has 3 rings (SSSR count). The van der Waals surface area contributed by atoms with Crippen LogP contribution >= 0.6 is 0 Å². The topological polar surface area (TPSA) is 35.5 Å². The zero-order valence-electron chi connectivity index (χ0n) is 10.6. The van der Waals surface area contributed by atoms with Crippen molar-refractivity contribution in [2.45, 2.75) is 12.5 Å². The van der Waals surface area contributed by atoms with Gasteiger partial charge in [-0.25, -0.2) is 4.79 Å². The van der Waals surface area contributed by atoms with Gasteiger partial charge in [-0.2, -0.15) is 0 Å². The molecule has 1 aliphatic heterocycles. The molecule has 0 unspecified atom stereocenters. The molecule has 19 heavy (non-hydrogen) atoms. The van der Waals surface area contributed by atoms with Crippen LogP contribution in [0.3, 0.4) is 0 Å². The Morgan fingerprint density at radius 2 is 1.84 bits per heavy atom. The number of hydrogen-bond acceptors (Lipinski definition) is 3. The van der Waals surface area contributed by atoms with Crippen molar-refractivity contribution in [3.63, 3.8) is 0 Å². The molecule has 3 heteroatoms. The first kappa shape index (κ1) is 11.8. The molecule has 3 nitrogen and oxygen atoms in total. The lowest BCUT2D eigenvalue weighted by Crippen LogP contribution is -2.21. The first-order chi connectivity index (χ1) is 9.28. The van der Waals surface area contributed by atoms with Gasteiger partial charge in [0.2, 0.25) is 0 Å². The van der Waals surface area contributed by atoms with Crippen LogP contribution < -0.4 is 4.74 Å². The highest BCUT2D eigenvalue weighted by atomic mass is 16.5. The number of carbonyl (C=O) groups is 1. The lowest BCUT2D eigenvalue weighted by Gasteiger charge is -2.24. The Balaban J connectivity index is 1.90. The zero-order chi connectivity index (χ0) is 13.2. The van der Waals surface area contributed by atoms with Gasteiger partial charge >= 0.3 is 5.97 Å². The summed E-state index contributed by atoms with van der Waals surface area (Å²) < 4.78 is 10.6. The number of carbonyl (C=O) groups excluding carboxylic acids is 1. The largest absolute Gasteiger partial charge is 0.497 e. The molecule has 0 amide bonds. The molecule has 0 aliphatic carbocycles. The van der Waals surface area contributed by atoms with Crippen LogP contribution in [-0.4, -0.2) is 13.1 Å². The van der Waals surface area contributed by atoms with Crippen LogP contribution in [0.5, 0.6) is 5.75 Å². The molecule has 0 saturated heterocycles. The maximum absolute atomic E-state index is 11.9. The van der Waals surface area contributed by atoms with Crippen LogP contribution in [-0.2, 0) is 11.2 Å². The molecule has 2 aromatic rings. The summed E-state index contributed by atoms with van der Waals surface area (Å²) in [6.45, 7) is 0. The predicted octanol–water partition coefficient (Wildman–Crippen LogP) is 3.15. The average Bonchev–Trinajstić information content (AvgIpc) is 2.47. The fourth-order valence-corrected chi connectivity index (χ4v) is 2.34. The minimum atomic E-state index is -0.248. The minimum absolute atomic E-state index is 0.215. The molecule has 1 atom stereocenters. The minimum Gasteiger partial charge on any atom is -0.497 e. The molecule has 0 saturated carbocycles. The van der Waals surface area contributed by atoms with Crippen molar-refractivity contribution in [3.05, 3.63) is 65.2 Å². The molecule has 0 N–H and O–H groups in total. The van der Waals surface area contributed by atoms with E-state index in [0.29, 0.717) is 12.0 Å². The molecule has 96 valence electrons. The highest BCUT2D eigenvalue weighted by Crippen LogP contribution is 2.31. The monoisotopic (exact) mass is 254 g/mol. The summed E-state index contributed by atoms with van der Waals surface area (Å²) in [4.78, 5) is 11.9. The Labute approximate surface area is 111 Å². The number of rotatable bonds is 2. The molecule has 1 heterocycles. The number of ether oxygens (including phenoxy) is 2. The van der Waals surface area contributed by atoms with E-state index in [0.717, 1.165) is 16.9 Å². The molecular formula is C16H14O3. The van der Waals surface area contributed by atoms with Gasteiger partial charge in [0, 0.05) is 6.42 Å². The molecule has 0 aromatic heterocycles. The van der Waals surface area contributed by atoms with Gasteiger partial charge in [-0.05, 0) is 29.3 Å². The van der Waals surface area contributed by atoms with Crippen LogP contribution in [0.2, 0.25) is 0 Å². The number of hydrogen-bond donors (Lipinski definition) is 0. The Bertz CT molecular complexity index is 602. The lowest BCUT2D eigenvalue weighted by atomic mass is 9.95. The maximum atomic E-state index is 11.9. The maximum Gasteiger partial charge on any atom is 0.339 e. The normalized spacial score (nSPS) is 17.5. The van der Waals surface area contributed by atoms with Crippen molar-refractivity contribution in [1.82, 2.24) is 0 Å². The second-order valence-corrected chi connectivity index (χ2v) is 4.53. The molecular weight excluding hydrogens is 240 g/mol. The summed E-state index contributed by atoms with van der Waals surface area (Å²) in [5.41, 5.74) is 2.70. The third-order valence-corrected chi connectivity index (χ3v) is 3.38. The highest BCUT2D eigenvalue weighted by molar-refractivity contribution is 5.92. The number of cyclic esters (lactones) is 1. The van der Waals surface area contributed by atoms with Gasteiger partial charge in [-0.3, -0.25) is 0 Å². The Kier molecular flexibility index (Phi) is 2.95. The SMILES string of the molecule is COc1ccc([C@@H]2Cc3ccccc3C(=O)O2)cc1. The van der Waals surface area contributed by atoms with E-state index < -0.39 is 0 Å². The van der Waals surface area contributed by atoms with Gasteiger partial charge in [0.25, 0.3) is 0 Å². The summed E-state index contributed by atoms with van der Waals surface area (Å²) >= 11 is 0. The van der Waals surface area contributed by atoms with E-state index in [1.165, 1.54) is 0 Å². The molecule has 1 aliphatic rings. The van der Waals surface area contributed by atoms with Gasteiger partial charge in [0.05, 0.1) is 12.7 Å². The summed E-state index contributed by atoms with van der Waals surface area (Å²) in [5.74, 6) is 0.550. The lowest BCUT2D eigenvalue weighted by molar-refractivity contribution is 0.0253. The van der Waals surface area contributed by atoms with E-state index in [2.05, 4.69) is 0 Å². The Hall–Kier alpha value is -2.29. The Morgan fingerprint density at radius 1 is 1.11 bits per heavy atom. The van der Waals surface area contributed by atoms with Crippen molar-refractivity contribution in [2.24, 2.45) is 0 Å². The van der Waals surface area contributed by atoms with E-state index in [1.54, 1.807) is 7.11 Å². The van der Waals surface area contributed by atoms with Crippen molar-refractivity contribution >= 4 is 5.97 Å². The van der Waals surface area contributed by atoms with Crippen molar-refractivity contribution in [2.75, 3.05) is 7.11 Å². The molecule has 0 spiro atoms. The van der Waals surface area contributed by atoms with E-state index in [-0.39, 0.29) is 12.1 Å². The molecule has 2 aromatic carbocycles. The van der Waals surface area contributed by atoms with Crippen molar-refractivity contribution in [1.29, 1.82) is 0 Å². The second kappa shape index (κ2) is 4.76. The number of fused-ring (bicyclic) bond motifs is 1. The van der Waals surface area contributed by atoms with E-state index in [4.69, 9.17) is 9.47 Å². The van der Waals surface area contributed by atoms with Crippen LogP contribution in [0.15, 0.2) is 48.5 Å². The van der Waals surface area contributed by atoms with Crippen molar-refractivity contribution in [3.8, 4) is 5.75 Å². The van der Waals surface area contributed by atoms with Gasteiger partial charge in [-0.15, -0.1) is 0 Å². The first-order valence-electron chi connectivity index (χ1n) is 6.21. The summed E-state index contributed by atoms with van der Waals surface area (Å²) in [5, 5.41) is 0. The van der Waals surface area contributed by atoms with Crippen LogP contribution in [0.25, 0.3) is 0 Å². The van der Waals surface area contributed by atoms with Crippen LogP contribution in [0, 0.1) is 0 Å². The van der Waals surface area contributed by atoms with E-state index in [1.807, 2.05) is 48.5 Å². The fourth-order valence-electron chi connectivity index (χ4n) is 2.34. The van der Waals surface area contributed by atoms with Gasteiger partial charge in [0.1, 0.15) is 11.9 Å². The van der Waals surface area contributed by atoms with Crippen LogP contribution in [0.4, 0.5) is 0 Å². The predicted molar refractivity (Wildman–Crippen MR) is 71.3 cm³/mol. The zero-order valence-corrected chi connectivity index (χ0v) is 10.6. The standard InChI is InChI=1S/C16H14O3/c1-18-13-8-6-11(7-9-13)15-10-12-4-2-3-5-14(12)16(17)19-15/h2-9,15H,10H2,1H3/t15-/m0/s1. The third-order valence-electron chi connectivity index (χ3n) is 3.38. The molecule has 0 fully saturated rings. The molecule has 0 radical (unpaired) electrons. The summed E-state index contributed by atoms with van der Waals surface area (Å²) in [7, 11) is 1.63. The van der Waals surface area contributed by atoms with Gasteiger partial charge in [-0.1, -0.05) is 30.3 Å². The first-order valence-corrected chi connectivity index (χ1v) is 6.21. The number of methoxy groups -OCH3 is 1. The number of benzene rings is 2. The summed E-state index contributed by atoms with van der Waals surface area (Å²) in [6, 6.07) is 15.2. The second-order valence-electron chi connectivity index (χ2n) is 4.53. The Morgan fingerprint density at radius 3 is 2.58 bits per heavy atom. The molecule has 0 bridgehead atoms. The fraction of sp³-hybridized carbons (Fsp3) is 0.188. The van der Waals surface area contributed by atoms with E-state index >= 15 is 0 Å². The third kappa shape index (κ3) is 2.19. The number of esters is 1. The average molecular weight is 254 g/mol. The highest BCUT2D eigenvalue weighted by Gasteiger charge is 2.26. The quantitative estimate of drug-likeness (QED) is 0.772. The smallest absolute Gasteiger partial charge is 0.339 e.